The van der Waals surface area contributed by atoms with Crippen molar-refractivity contribution in [3.8, 4) is 0 Å². The lowest BCUT2D eigenvalue weighted by Crippen LogP contribution is -2.44. The summed E-state index contributed by atoms with van der Waals surface area (Å²) in [7, 11) is -3.36. The van der Waals surface area contributed by atoms with Crippen LogP contribution in [0.5, 0.6) is 0 Å². The highest BCUT2D eigenvalue weighted by atomic mass is 32.2. The van der Waals surface area contributed by atoms with Crippen molar-refractivity contribution in [2.24, 2.45) is 5.92 Å². The summed E-state index contributed by atoms with van der Waals surface area (Å²) in [5.41, 5.74) is 1.22. The number of hydrogen-bond acceptors (Lipinski definition) is 4. The number of nitrogens with zero attached hydrogens (tertiary/aromatic N) is 1. The van der Waals surface area contributed by atoms with Crippen molar-refractivity contribution in [3.05, 3.63) is 35.9 Å². The molecule has 2 fully saturated rings. The molecular formula is C17H25N3O3S. The fraction of sp³-hybridized carbons (Fsp3) is 0.588. The largest absolute Gasteiger partial charge is 0.350 e. The number of nitrogens with one attached hydrogen (secondary N) is 2. The summed E-state index contributed by atoms with van der Waals surface area (Å²) in [6, 6.07) is 10.2. The number of benzene rings is 1. The Bertz CT molecular complexity index is 674. The topological polar surface area (TPSA) is 78.5 Å². The number of sulfonamides is 1. The van der Waals surface area contributed by atoms with E-state index in [0.29, 0.717) is 0 Å². The molecule has 2 atom stereocenters. The summed E-state index contributed by atoms with van der Waals surface area (Å²) in [5.74, 6) is 0.773. The van der Waals surface area contributed by atoms with Crippen LogP contribution in [-0.4, -0.2) is 57.7 Å². The number of hydrogen-bond donors (Lipinski definition) is 2. The van der Waals surface area contributed by atoms with Crippen LogP contribution in [0, 0.1) is 5.92 Å². The first kappa shape index (κ1) is 17.4. The van der Waals surface area contributed by atoms with Gasteiger partial charge in [0.1, 0.15) is 0 Å². The molecule has 1 aliphatic carbocycles. The Morgan fingerprint density at radius 3 is 2.54 bits per heavy atom. The quantitative estimate of drug-likeness (QED) is 0.751. The molecular weight excluding hydrogens is 326 g/mol. The molecule has 0 aromatic heterocycles. The van der Waals surface area contributed by atoms with Crippen LogP contribution >= 0.6 is 0 Å². The van der Waals surface area contributed by atoms with Crippen molar-refractivity contribution in [1.29, 1.82) is 0 Å². The molecule has 2 N–H and O–H groups in total. The van der Waals surface area contributed by atoms with Gasteiger partial charge in [-0.25, -0.2) is 13.1 Å². The van der Waals surface area contributed by atoms with Gasteiger partial charge in [0.15, 0.2) is 0 Å². The SMILES string of the molecule is CS(=O)(=O)NCC(=O)N[C@@H]1CN(CC2CC2)C[C@H]1c1ccccc1. The van der Waals surface area contributed by atoms with Crippen LogP contribution < -0.4 is 10.0 Å². The minimum absolute atomic E-state index is 0.0139. The van der Waals surface area contributed by atoms with Gasteiger partial charge in [0.25, 0.3) is 0 Å². The second kappa shape index (κ2) is 7.21. The van der Waals surface area contributed by atoms with E-state index < -0.39 is 10.0 Å². The Morgan fingerprint density at radius 1 is 1.21 bits per heavy atom. The Kier molecular flexibility index (Phi) is 5.22. The van der Waals surface area contributed by atoms with Crippen LogP contribution in [0.2, 0.25) is 0 Å². The van der Waals surface area contributed by atoms with Crippen LogP contribution in [0.15, 0.2) is 30.3 Å². The average Bonchev–Trinajstić information content (AvgIpc) is 3.25. The normalized spacial score (nSPS) is 24.9. The highest BCUT2D eigenvalue weighted by molar-refractivity contribution is 7.88. The van der Waals surface area contributed by atoms with Gasteiger partial charge in [-0.05, 0) is 24.3 Å². The first-order valence-electron chi connectivity index (χ1n) is 8.42. The molecule has 7 heteroatoms. The second-order valence-corrected chi connectivity index (χ2v) is 8.78. The fourth-order valence-corrected chi connectivity index (χ4v) is 3.73. The van der Waals surface area contributed by atoms with E-state index in [4.69, 9.17) is 0 Å². The van der Waals surface area contributed by atoms with E-state index in [2.05, 4.69) is 27.1 Å². The molecule has 0 bridgehead atoms. The Labute approximate surface area is 143 Å². The van der Waals surface area contributed by atoms with Gasteiger partial charge in [-0.15, -0.1) is 0 Å². The Hall–Kier alpha value is -1.44. The van der Waals surface area contributed by atoms with Crippen molar-refractivity contribution in [1.82, 2.24) is 14.9 Å². The van der Waals surface area contributed by atoms with Gasteiger partial charge in [-0.3, -0.25) is 4.79 Å². The third-order valence-electron chi connectivity index (χ3n) is 4.68. The van der Waals surface area contributed by atoms with Crippen LogP contribution in [0.1, 0.15) is 24.3 Å². The van der Waals surface area contributed by atoms with Crippen molar-refractivity contribution in [2.45, 2.75) is 24.8 Å². The monoisotopic (exact) mass is 351 g/mol. The molecule has 1 aliphatic heterocycles. The maximum absolute atomic E-state index is 12.1. The molecule has 1 aromatic carbocycles. The van der Waals surface area contributed by atoms with Gasteiger partial charge in [0, 0.05) is 31.6 Å². The van der Waals surface area contributed by atoms with E-state index in [1.165, 1.54) is 18.4 Å². The average molecular weight is 351 g/mol. The summed E-state index contributed by atoms with van der Waals surface area (Å²) in [4.78, 5) is 14.5. The predicted octanol–water partition coefficient (Wildman–Crippen LogP) is 0.530. The second-order valence-electron chi connectivity index (χ2n) is 6.95. The van der Waals surface area contributed by atoms with Gasteiger partial charge in [0.05, 0.1) is 12.8 Å². The van der Waals surface area contributed by atoms with Gasteiger partial charge in [-0.2, -0.15) is 0 Å². The van der Waals surface area contributed by atoms with Crippen LogP contribution in [-0.2, 0) is 14.8 Å². The molecule has 1 aromatic rings. The van der Waals surface area contributed by atoms with Gasteiger partial charge in [-0.1, -0.05) is 30.3 Å². The summed E-state index contributed by atoms with van der Waals surface area (Å²) in [6.45, 7) is 2.64. The van der Waals surface area contributed by atoms with Crippen molar-refractivity contribution < 1.29 is 13.2 Å². The van der Waals surface area contributed by atoms with E-state index in [-0.39, 0.29) is 24.4 Å². The summed E-state index contributed by atoms with van der Waals surface area (Å²) in [5, 5.41) is 3.02. The summed E-state index contributed by atoms with van der Waals surface area (Å²) < 4.78 is 24.5. The molecule has 132 valence electrons. The highest BCUT2D eigenvalue weighted by Crippen LogP contribution is 2.34. The lowest BCUT2D eigenvalue weighted by Gasteiger charge is -2.20. The van der Waals surface area contributed by atoms with E-state index in [1.807, 2.05) is 18.2 Å². The maximum Gasteiger partial charge on any atom is 0.235 e. The molecule has 1 saturated carbocycles. The van der Waals surface area contributed by atoms with E-state index in [9.17, 15) is 13.2 Å². The molecule has 2 aliphatic rings. The van der Waals surface area contributed by atoms with Gasteiger partial charge < -0.3 is 10.2 Å². The van der Waals surface area contributed by atoms with Crippen molar-refractivity contribution >= 4 is 15.9 Å². The fourth-order valence-electron chi connectivity index (χ4n) is 3.34. The Balaban J connectivity index is 1.64. The lowest BCUT2D eigenvalue weighted by atomic mass is 9.94. The number of carbonyl (C=O) groups excluding carboxylic acids is 1. The van der Waals surface area contributed by atoms with Gasteiger partial charge >= 0.3 is 0 Å². The first-order chi connectivity index (χ1) is 11.4. The van der Waals surface area contributed by atoms with Crippen molar-refractivity contribution in [2.75, 3.05) is 32.4 Å². The van der Waals surface area contributed by atoms with Crippen LogP contribution in [0.25, 0.3) is 0 Å². The zero-order valence-corrected chi connectivity index (χ0v) is 14.8. The third kappa shape index (κ3) is 5.03. The van der Waals surface area contributed by atoms with Crippen LogP contribution in [0.3, 0.4) is 0 Å². The minimum Gasteiger partial charge on any atom is -0.350 e. The number of likely N-dealkylation sites (tertiary alicyclic amines) is 1. The zero-order chi connectivity index (χ0) is 17.2. The lowest BCUT2D eigenvalue weighted by molar-refractivity contribution is -0.120. The third-order valence-corrected chi connectivity index (χ3v) is 5.35. The number of amides is 1. The molecule has 1 heterocycles. The molecule has 24 heavy (non-hydrogen) atoms. The molecule has 0 spiro atoms. The molecule has 6 nitrogen and oxygen atoms in total. The highest BCUT2D eigenvalue weighted by Gasteiger charge is 2.37. The van der Waals surface area contributed by atoms with Crippen LogP contribution in [0.4, 0.5) is 0 Å². The summed E-state index contributed by atoms with van der Waals surface area (Å²) >= 11 is 0. The predicted molar refractivity (Wildman–Crippen MR) is 93.1 cm³/mol. The van der Waals surface area contributed by atoms with E-state index >= 15 is 0 Å². The Morgan fingerprint density at radius 2 is 1.92 bits per heavy atom. The molecule has 0 radical (unpaired) electrons. The standard InChI is InChI=1S/C17H25N3O3S/c1-24(22,23)18-9-17(21)19-16-12-20(10-13-7-8-13)11-15(16)14-5-3-2-4-6-14/h2-6,13,15-16,18H,7-12H2,1H3,(H,19,21)/t15-,16+/m0/s1. The van der Waals surface area contributed by atoms with Gasteiger partial charge in [0.2, 0.25) is 15.9 Å². The van der Waals surface area contributed by atoms with Crippen molar-refractivity contribution in [3.63, 3.8) is 0 Å². The first-order valence-corrected chi connectivity index (χ1v) is 10.3. The minimum atomic E-state index is -3.36. The van der Waals surface area contributed by atoms with E-state index in [1.54, 1.807) is 0 Å². The number of carbonyl (C=O) groups is 1. The molecule has 1 saturated heterocycles. The smallest absolute Gasteiger partial charge is 0.235 e. The summed E-state index contributed by atoms with van der Waals surface area (Å²) in [6.07, 6.45) is 3.67. The molecule has 1 amide bonds. The molecule has 3 rings (SSSR count). The zero-order valence-electron chi connectivity index (χ0n) is 13.9. The maximum atomic E-state index is 12.1. The molecule has 0 unspecified atom stereocenters. The number of rotatable bonds is 7. The van der Waals surface area contributed by atoms with E-state index in [0.717, 1.165) is 31.8 Å².